The molecule has 31 heavy (non-hydrogen) atoms. The van der Waals surface area contributed by atoms with Gasteiger partial charge in [-0.2, -0.15) is 5.10 Å². The standard InChI is InChI=1S/C24H22ClFN4O/c25-19-3-5-21(22(26)15-19)17-7-10-29(24(31)14-17)20-4-6-23-18(13-20)16-27-30(23)12-11-28-8-1-2-9-28/h3-7,10,13-16H,1-2,8-9,11-12H2. The molecule has 4 aromatic rings. The Balaban J connectivity index is 1.42. The summed E-state index contributed by atoms with van der Waals surface area (Å²) in [6.07, 6.45) is 6.07. The molecule has 0 radical (unpaired) electrons. The molecule has 2 aromatic heterocycles. The summed E-state index contributed by atoms with van der Waals surface area (Å²) in [5.74, 6) is -0.451. The van der Waals surface area contributed by atoms with Crippen molar-refractivity contribution < 1.29 is 4.39 Å². The molecule has 0 amide bonds. The Labute approximate surface area is 184 Å². The number of hydrogen-bond donors (Lipinski definition) is 0. The molecule has 1 aliphatic rings. The zero-order valence-corrected chi connectivity index (χ0v) is 17.7. The number of pyridine rings is 1. The van der Waals surface area contributed by atoms with Gasteiger partial charge in [-0.05, 0) is 74.0 Å². The van der Waals surface area contributed by atoms with Crippen LogP contribution >= 0.6 is 11.6 Å². The summed E-state index contributed by atoms with van der Waals surface area (Å²) < 4.78 is 17.8. The summed E-state index contributed by atoms with van der Waals surface area (Å²) in [5, 5.41) is 5.84. The lowest BCUT2D eigenvalue weighted by Gasteiger charge is -2.14. The van der Waals surface area contributed by atoms with Crippen molar-refractivity contribution in [2.45, 2.75) is 19.4 Å². The maximum atomic E-state index is 14.2. The smallest absolute Gasteiger partial charge is 0.255 e. The van der Waals surface area contributed by atoms with Crippen molar-refractivity contribution in [3.63, 3.8) is 0 Å². The molecule has 0 unspecified atom stereocenters. The Hall–Kier alpha value is -2.96. The molecule has 5 nitrogen and oxygen atoms in total. The highest BCUT2D eigenvalue weighted by Gasteiger charge is 2.13. The van der Waals surface area contributed by atoms with Crippen LogP contribution in [-0.4, -0.2) is 38.9 Å². The van der Waals surface area contributed by atoms with Crippen LogP contribution in [0.4, 0.5) is 4.39 Å². The van der Waals surface area contributed by atoms with Crippen LogP contribution in [-0.2, 0) is 6.54 Å². The molecule has 0 spiro atoms. The van der Waals surface area contributed by atoms with Gasteiger partial charge < -0.3 is 4.90 Å². The highest BCUT2D eigenvalue weighted by molar-refractivity contribution is 6.30. The summed E-state index contributed by atoms with van der Waals surface area (Å²) >= 11 is 5.83. The molecule has 1 aliphatic heterocycles. The topological polar surface area (TPSA) is 43.1 Å². The van der Waals surface area contributed by atoms with Crippen LogP contribution in [0.3, 0.4) is 0 Å². The maximum absolute atomic E-state index is 14.2. The van der Waals surface area contributed by atoms with E-state index in [4.69, 9.17) is 11.6 Å². The predicted octanol–water partition coefficient (Wildman–Crippen LogP) is 4.74. The summed E-state index contributed by atoms with van der Waals surface area (Å²) in [7, 11) is 0. The minimum absolute atomic E-state index is 0.229. The first-order valence-electron chi connectivity index (χ1n) is 10.4. The predicted molar refractivity (Wildman–Crippen MR) is 121 cm³/mol. The van der Waals surface area contributed by atoms with Crippen LogP contribution in [0.1, 0.15) is 12.8 Å². The molecule has 158 valence electrons. The third-order valence-corrected chi connectivity index (χ3v) is 6.13. The van der Waals surface area contributed by atoms with E-state index in [1.165, 1.54) is 38.1 Å². The van der Waals surface area contributed by atoms with Crippen LogP contribution < -0.4 is 5.56 Å². The van der Waals surface area contributed by atoms with Gasteiger partial charge in [-0.15, -0.1) is 0 Å². The average molecular weight is 437 g/mol. The lowest BCUT2D eigenvalue weighted by molar-refractivity contribution is 0.318. The van der Waals surface area contributed by atoms with Crippen LogP contribution in [0, 0.1) is 5.82 Å². The fourth-order valence-electron chi connectivity index (χ4n) is 4.23. The van der Waals surface area contributed by atoms with E-state index in [0.717, 1.165) is 29.7 Å². The first-order valence-corrected chi connectivity index (χ1v) is 10.8. The molecule has 0 saturated carbocycles. The Morgan fingerprint density at radius 3 is 2.61 bits per heavy atom. The van der Waals surface area contributed by atoms with E-state index < -0.39 is 5.82 Å². The van der Waals surface area contributed by atoms with E-state index in [1.807, 2.05) is 29.1 Å². The molecule has 2 aromatic carbocycles. The first-order chi connectivity index (χ1) is 15.1. The Morgan fingerprint density at radius 2 is 1.84 bits per heavy atom. The van der Waals surface area contributed by atoms with Gasteiger partial charge in [0.25, 0.3) is 5.56 Å². The molecule has 0 atom stereocenters. The minimum Gasteiger partial charge on any atom is -0.301 e. The third-order valence-electron chi connectivity index (χ3n) is 5.89. The summed E-state index contributed by atoms with van der Waals surface area (Å²) in [6.45, 7) is 4.19. The number of likely N-dealkylation sites (tertiary alicyclic amines) is 1. The molecule has 5 rings (SSSR count). The van der Waals surface area contributed by atoms with E-state index in [1.54, 1.807) is 29.0 Å². The minimum atomic E-state index is -0.451. The van der Waals surface area contributed by atoms with Crippen molar-refractivity contribution in [3.05, 3.63) is 82.1 Å². The van der Waals surface area contributed by atoms with Crippen LogP contribution in [0.25, 0.3) is 27.7 Å². The number of nitrogens with zero attached hydrogens (tertiary/aromatic N) is 4. The number of rotatable bonds is 5. The second kappa shape index (κ2) is 8.29. The van der Waals surface area contributed by atoms with Crippen molar-refractivity contribution in [1.29, 1.82) is 0 Å². The molecule has 7 heteroatoms. The molecular formula is C24H22ClFN4O. The van der Waals surface area contributed by atoms with E-state index in [0.29, 0.717) is 16.1 Å². The highest BCUT2D eigenvalue weighted by Crippen LogP contribution is 2.25. The Kier molecular flexibility index (Phi) is 5.34. The second-order valence-corrected chi connectivity index (χ2v) is 8.34. The Bertz CT molecular complexity index is 1310. The number of hydrogen-bond acceptors (Lipinski definition) is 3. The molecule has 0 bridgehead atoms. The van der Waals surface area contributed by atoms with Crippen LogP contribution in [0.15, 0.2) is 65.7 Å². The maximum Gasteiger partial charge on any atom is 0.255 e. The largest absolute Gasteiger partial charge is 0.301 e. The molecular weight excluding hydrogens is 415 g/mol. The second-order valence-electron chi connectivity index (χ2n) is 7.91. The summed E-state index contributed by atoms with van der Waals surface area (Å²) in [6, 6.07) is 13.5. The van der Waals surface area contributed by atoms with Crippen molar-refractivity contribution >= 4 is 22.5 Å². The monoisotopic (exact) mass is 436 g/mol. The van der Waals surface area contributed by atoms with Gasteiger partial charge in [-0.3, -0.25) is 14.0 Å². The third kappa shape index (κ3) is 4.01. The van der Waals surface area contributed by atoms with Crippen LogP contribution in [0.5, 0.6) is 0 Å². The van der Waals surface area contributed by atoms with Crippen molar-refractivity contribution in [2.75, 3.05) is 19.6 Å². The molecule has 1 fully saturated rings. The highest BCUT2D eigenvalue weighted by atomic mass is 35.5. The van der Waals surface area contributed by atoms with Crippen LogP contribution in [0.2, 0.25) is 5.02 Å². The van der Waals surface area contributed by atoms with Crippen molar-refractivity contribution in [2.24, 2.45) is 0 Å². The van der Waals surface area contributed by atoms with Gasteiger partial charge in [0.2, 0.25) is 0 Å². The fraction of sp³-hybridized carbons (Fsp3) is 0.250. The van der Waals surface area contributed by atoms with Crippen molar-refractivity contribution in [1.82, 2.24) is 19.2 Å². The number of benzene rings is 2. The fourth-order valence-corrected chi connectivity index (χ4v) is 4.39. The van der Waals surface area contributed by atoms with Gasteiger partial charge in [0.15, 0.2) is 0 Å². The zero-order chi connectivity index (χ0) is 21.4. The number of halogens is 2. The molecule has 3 heterocycles. The molecule has 1 saturated heterocycles. The summed E-state index contributed by atoms with van der Waals surface area (Å²) in [4.78, 5) is 15.2. The SMILES string of the molecule is O=c1cc(-c2ccc(Cl)cc2F)ccn1-c1ccc2c(cnn2CCN2CCCC2)c1. The number of aromatic nitrogens is 3. The van der Waals surface area contributed by atoms with Gasteiger partial charge in [-0.25, -0.2) is 4.39 Å². The quantitative estimate of drug-likeness (QED) is 0.453. The van der Waals surface area contributed by atoms with Gasteiger partial charge in [0.05, 0.1) is 18.3 Å². The van der Waals surface area contributed by atoms with Crippen molar-refractivity contribution in [3.8, 4) is 16.8 Å². The number of fused-ring (bicyclic) bond motifs is 1. The summed E-state index contributed by atoms with van der Waals surface area (Å²) in [5.41, 5.74) is 2.44. The molecule has 0 N–H and O–H groups in total. The lowest BCUT2D eigenvalue weighted by Crippen LogP contribution is -2.24. The van der Waals surface area contributed by atoms with E-state index >= 15 is 0 Å². The zero-order valence-electron chi connectivity index (χ0n) is 17.0. The van der Waals surface area contributed by atoms with E-state index in [-0.39, 0.29) is 5.56 Å². The van der Waals surface area contributed by atoms with E-state index in [2.05, 4.69) is 10.00 Å². The first kappa shape index (κ1) is 20.0. The van der Waals surface area contributed by atoms with Gasteiger partial charge in [0, 0.05) is 40.5 Å². The average Bonchev–Trinajstić information content (AvgIpc) is 3.41. The lowest BCUT2D eigenvalue weighted by atomic mass is 10.1. The van der Waals surface area contributed by atoms with Gasteiger partial charge >= 0.3 is 0 Å². The molecule has 0 aliphatic carbocycles. The van der Waals surface area contributed by atoms with Gasteiger partial charge in [0.1, 0.15) is 5.82 Å². The Morgan fingerprint density at radius 1 is 1.00 bits per heavy atom. The van der Waals surface area contributed by atoms with Gasteiger partial charge in [-0.1, -0.05) is 11.6 Å². The normalized spacial score (nSPS) is 14.5. The van der Waals surface area contributed by atoms with E-state index in [9.17, 15) is 9.18 Å².